The third-order valence-electron chi connectivity index (χ3n) is 3.76. The van der Waals surface area contributed by atoms with Crippen LogP contribution in [0, 0.1) is 0 Å². The number of carbonyl (C=O) groups excluding carboxylic acids is 1. The number of aromatic nitrogens is 3. The molecule has 0 saturated carbocycles. The van der Waals surface area contributed by atoms with Crippen LogP contribution in [0.25, 0.3) is 0 Å². The van der Waals surface area contributed by atoms with Crippen LogP contribution in [-0.4, -0.2) is 52.3 Å². The maximum absolute atomic E-state index is 12.3. The number of pyridine rings is 1. The van der Waals surface area contributed by atoms with Crippen molar-refractivity contribution < 1.29 is 4.79 Å². The van der Waals surface area contributed by atoms with Crippen molar-refractivity contribution >= 4 is 28.2 Å². The fourth-order valence-electron chi connectivity index (χ4n) is 2.48. The van der Waals surface area contributed by atoms with Crippen molar-refractivity contribution in [3.8, 4) is 0 Å². The molecule has 23 heavy (non-hydrogen) atoms. The Kier molecular flexibility index (Phi) is 4.56. The minimum atomic E-state index is -0.199. The predicted octanol–water partition coefficient (Wildman–Crippen LogP) is 1.11. The Labute approximate surface area is 138 Å². The van der Waals surface area contributed by atoms with Gasteiger partial charge in [0.2, 0.25) is 5.13 Å². The minimum Gasteiger partial charge on any atom is -0.374 e. The van der Waals surface area contributed by atoms with E-state index in [1.54, 1.807) is 12.4 Å². The van der Waals surface area contributed by atoms with Gasteiger partial charge in [0.05, 0.1) is 6.04 Å². The highest BCUT2D eigenvalue weighted by atomic mass is 32.1. The zero-order valence-electron chi connectivity index (χ0n) is 12.8. The molecule has 1 atom stereocenters. The summed E-state index contributed by atoms with van der Waals surface area (Å²) in [5.41, 5.74) is 6.71. The summed E-state index contributed by atoms with van der Waals surface area (Å²) in [6.45, 7) is 4.85. The van der Waals surface area contributed by atoms with Gasteiger partial charge in [-0.15, -0.1) is 10.2 Å². The van der Waals surface area contributed by atoms with Gasteiger partial charge in [-0.05, 0) is 19.1 Å². The van der Waals surface area contributed by atoms with Crippen molar-refractivity contribution in [2.45, 2.75) is 13.0 Å². The highest BCUT2D eigenvalue weighted by molar-refractivity contribution is 7.15. The van der Waals surface area contributed by atoms with E-state index < -0.39 is 0 Å². The summed E-state index contributed by atoms with van der Waals surface area (Å²) in [5.74, 6) is 0. The fraction of sp³-hybridized carbons (Fsp3) is 0.429. The average molecular weight is 333 g/mol. The standard InChI is InChI=1S/C14H19N7OS/c1-10(12-18-19-13(15)23-12)17-14(22)21-8-6-20(7-9-21)11-2-4-16-5-3-11/h2-5,10H,6-9H2,1H3,(H2,15,19)(H,17,22)/t10-/m0/s1. The van der Waals surface area contributed by atoms with Crippen molar-refractivity contribution in [3.05, 3.63) is 29.5 Å². The second kappa shape index (κ2) is 6.78. The zero-order chi connectivity index (χ0) is 16.2. The summed E-state index contributed by atoms with van der Waals surface area (Å²) in [7, 11) is 0. The maximum atomic E-state index is 12.3. The molecule has 1 fully saturated rings. The van der Waals surface area contributed by atoms with Crippen molar-refractivity contribution in [1.82, 2.24) is 25.4 Å². The molecule has 3 N–H and O–H groups in total. The molecule has 1 aliphatic heterocycles. The van der Waals surface area contributed by atoms with Crippen molar-refractivity contribution in [3.63, 3.8) is 0 Å². The molecule has 8 nitrogen and oxygen atoms in total. The molecule has 0 bridgehead atoms. The first kappa shape index (κ1) is 15.5. The van der Waals surface area contributed by atoms with E-state index in [0.717, 1.165) is 18.8 Å². The van der Waals surface area contributed by atoms with Gasteiger partial charge in [0, 0.05) is 44.3 Å². The lowest BCUT2D eigenvalue weighted by atomic mass is 10.2. The van der Waals surface area contributed by atoms with Crippen LogP contribution in [0.3, 0.4) is 0 Å². The number of hydrogen-bond donors (Lipinski definition) is 2. The third-order valence-corrected chi connectivity index (χ3v) is 4.70. The van der Waals surface area contributed by atoms with E-state index in [-0.39, 0.29) is 12.1 Å². The van der Waals surface area contributed by atoms with E-state index in [0.29, 0.717) is 23.2 Å². The summed E-state index contributed by atoms with van der Waals surface area (Å²) in [5, 5.41) is 11.8. The van der Waals surface area contributed by atoms with Crippen molar-refractivity contribution in [2.75, 3.05) is 36.8 Å². The number of nitrogens with two attached hydrogens (primary N) is 1. The molecule has 0 aromatic carbocycles. The largest absolute Gasteiger partial charge is 0.374 e. The minimum absolute atomic E-state index is 0.0827. The van der Waals surface area contributed by atoms with Crippen LogP contribution in [0.2, 0.25) is 0 Å². The molecule has 0 spiro atoms. The SMILES string of the molecule is C[C@H](NC(=O)N1CCN(c2ccncc2)CC1)c1nnc(N)s1. The van der Waals surface area contributed by atoms with Gasteiger partial charge in [-0.1, -0.05) is 11.3 Å². The number of urea groups is 1. The summed E-state index contributed by atoms with van der Waals surface area (Å²) in [6, 6.07) is 3.69. The first-order chi connectivity index (χ1) is 11.1. The second-order valence-corrected chi connectivity index (χ2v) is 6.37. The average Bonchev–Trinajstić information content (AvgIpc) is 3.02. The highest BCUT2D eigenvalue weighted by Crippen LogP contribution is 2.19. The lowest BCUT2D eigenvalue weighted by molar-refractivity contribution is 0.191. The van der Waals surface area contributed by atoms with Gasteiger partial charge in [-0.25, -0.2) is 4.79 Å². The molecular weight excluding hydrogens is 314 g/mol. The topological polar surface area (TPSA) is 100 Å². The molecule has 122 valence electrons. The predicted molar refractivity (Wildman–Crippen MR) is 89.3 cm³/mol. The van der Waals surface area contributed by atoms with Crippen LogP contribution < -0.4 is 16.0 Å². The van der Waals surface area contributed by atoms with Crippen LogP contribution in [-0.2, 0) is 0 Å². The molecular formula is C14H19N7OS. The Hall–Kier alpha value is -2.42. The van der Waals surface area contributed by atoms with Crippen LogP contribution in [0.4, 0.5) is 15.6 Å². The number of nitrogens with zero attached hydrogens (tertiary/aromatic N) is 5. The van der Waals surface area contributed by atoms with Gasteiger partial charge >= 0.3 is 6.03 Å². The molecule has 1 aliphatic rings. The monoisotopic (exact) mass is 333 g/mol. The lowest BCUT2D eigenvalue weighted by Crippen LogP contribution is -2.52. The van der Waals surface area contributed by atoms with Gasteiger partial charge in [0.1, 0.15) is 5.01 Å². The zero-order valence-corrected chi connectivity index (χ0v) is 13.7. The van der Waals surface area contributed by atoms with Crippen molar-refractivity contribution in [2.24, 2.45) is 0 Å². The van der Waals surface area contributed by atoms with E-state index in [2.05, 4.69) is 25.4 Å². The third kappa shape index (κ3) is 3.67. The first-order valence-electron chi connectivity index (χ1n) is 7.43. The molecule has 2 amide bonds. The molecule has 9 heteroatoms. The number of carbonyl (C=O) groups is 1. The van der Waals surface area contributed by atoms with Gasteiger partial charge in [-0.3, -0.25) is 4.98 Å². The van der Waals surface area contributed by atoms with E-state index in [1.807, 2.05) is 24.0 Å². The second-order valence-electron chi connectivity index (χ2n) is 5.33. The quantitative estimate of drug-likeness (QED) is 0.873. The summed E-state index contributed by atoms with van der Waals surface area (Å²) >= 11 is 1.29. The molecule has 0 aliphatic carbocycles. The molecule has 1 saturated heterocycles. The van der Waals surface area contributed by atoms with Gasteiger partial charge in [0.15, 0.2) is 0 Å². The number of anilines is 2. The number of rotatable bonds is 3. The number of piperazine rings is 1. The molecule has 0 radical (unpaired) electrons. The number of amides is 2. The van der Waals surface area contributed by atoms with E-state index >= 15 is 0 Å². The van der Waals surface area contributed by atoms with Gasteiger partial charge in [-0.2, -0.15) is 0 Å². The Balaban J connectivity index is 1.52. The Morgan fingerprint density at radius 1 is 1.26 bits per heavy atom. The van der Waals surface area contributed by atoms with Crippen LogP contribution in [0.5, 0.6) is 0 Å². The highest BCUT2D eigenvalue weighted by Gasteiger charge is 2.23. The van der Waals surface area contributed by atoms with Gasteiger partial charge < -0.3 is 20.9 Å². The van der Waals surface area contributed by atoms with Gasteiger partial charge in [0.25, 0.3) is 0 Å². The Morgan fingerprint density at radius 2 is 1.96 bits per heavy atom. The van der Waals surface area contributed by atoms with Crippen molar-refractivity contribution in [1.29, 1.82) is 0 Å². The Bertz CT molecular complexity index is 654. The molecule has 3 rings (SSSR count). The summed E-state index contributed by atoms with van der Waals surface area (Å²) in [4.78, 5) is 20.4. The summed E-state index contributed by atoms with van der Waals surface area (Å²) < 4.78 is 0. The smallest absolute Gasteiger partial charge is 0.318 e. The molecule has 0 unspecified atom stereocenters. The van der Waals surface area contributed by atoms with E-state index in [9.17, 15) is 4.79 Å². The maximum Gasteiger partial charge on any atom is 0.318 e. The van der Waals surface area contributed by atoms with Crippen LogP contribution in [0.15, 0.2) is 24.5 Å². The summed E-state index contributed by atoms with van der Waals surface area (Å²) in [6.07, 6.45) is 3.56. The first-order valence-corrected chi connectivity index (χ1v) is 8.24. The molecule has 3 heterocycles. The Morgan fingerprint density at radius 3 is 2.57 bits per heavy atom. The lowest BCUT2D eigenvalue weighted by Gasteiger charge is -2.36. The number of hydrogen-bond acceptors (Lipinski definition) is 7. The van der Waals surface area contributed by atoms with E-state index in [1.165, 1.54) is 11.3 Å². The fourth-order valence-corrected chi connectivity index (χ4v) is 3.10. The molecule has 2 aromatic rings. The normalized spacial score (nSPS) is 16.2. The number of nitrogens with one attached hydrogen (secondary N) is 1. The van der Waals surface area contributed by atoms with Crippen LogP contribution >= 0.6 is 11.3 Å². The number of nitrogen functional groups attached to an aromatic ring is 1. The van der Waals surface area contributed by atoms with Crippen LogP contribution in [0.1, 0.15) is 18.0 Å². The molecule has 2 aromatic heterocycles. The van der Waals surface area contributed by atoms with E-state index in [4.69, 9.17) is 5.73 Å².